The molecule has 0 spiro atoms. The summed E-state index contributed by atoms with van der Waals surface area (Å²) >= 11 is 1.13. The van der Waals surface area contributed by atoms with Crippen molar-refractivity contribution in [2.45, 2.75) is 32.4 Å². The van der Waals surface area contributed by atoms with Crippen LogP contribution >= 0.6 is 11.3 Å². The second-order valence-electron chi connectivity index (χ2n) is 3.46. The lowest BCUT2D eigenvalue weighted by molar-refractivity contribution is 0.0984. The highest BCUT2D eigenvalue weighted by atomic mass is 32.2. The Morgan fingerprint density at radius 3 is 2.69 bits per heavy atom. The number of amides is 1. The lowest BCUT2D eigenvalue weighted by Crippen LogP contribution is -2.36. The molecule has 1 aromatic rings. The third-order valence-electron chi connectivity index (χ3n) is 2.29. The summed E-state index contributed by atoms with van der Waals surface area (Å²) in [5, 5.41) is -0.579. The van der Waals surface area contributed by atoms with E-state index in [2.05, 4.69) is 9.71 Å². The first-order valence-electron chi connectivity index (χ1n) is 4.84. The van der Waals surface area contributed by atoms with Gasteiger partial charge in [0, 0.05) is 0 Å². The average Bonchev–Trinajstić information content (AvgIpc) is 2.62. The zero-order chi connectivity index (χ0) is 12.3. The highest BCUT2D eigenvalue weighted by Crippen LogP contribution is 2.13. The number of rotatable bonds is 4. The van der Waals surface area contributed by atoms with Gasteiger partial charge in [-0.05, 0) is 20.3 Å². The van der Waals surface area contributed by atoms with Gasteiger partial charge in [0.25, 0.3) is 5.91 Å². The van der Waals surface area contributed by atoms with Gasteiger partial charge in [0.2, 0.25) is 10.0 Å². The molecule has 0 unspecified atom stereocenters. The summed E-state index contributed by atoms with van der Waals surface area (Å²) in [7, 11) is -3.57. The molecule has 7 heteroatoms. The molecule has 1 amide bonds. The highest BCUT2D eigenvalue weighted by molar-refractivity contribution is 7.90. The van der Waals surface area contributed by atoms with Gasteiger partial charge in [-0.25, -0.2) is 18.1 Å². The second kappa shape index (κ2) is 4.92. The van der Waals surface area contributed by atoms with E-state index in [4.69, 9.17) is 0 Å². The Bertz CT molecular complexity index is 479. The zero-order valence-electron chi connectivity index (χ0n) is 9.35. The van der Waals surface area contributed by atoms with Crippen molar-refractivity contribution in [2.75, 3.05) is 0 Å². The normalized spacial score (nSPS) is 13.4. The van der Waals surface area contributed by atoms with E-state index >= 15 is 0 Å². The monoisotopic (exact) mass is 262 g/mol. The summed E-state index contributed by atoms with van der Waals surface area (Å²) in [6.45, 7) is 4.99. The molecule has 0 saturated heterocycles. The molecule has 5 nitrogen and oxygen atoms in total. The lowest BCUT2D eigenvalue weighted by atomic mass is 10.4. The second-order valence-corrected chi connectivity index (χ2v) is 6.42. The number of carbonyl (C=O) groups excluding carboxylic acids is 1. The van der Waals surface area contributed by atoms with Gasteiger partial charge in [0.1, 0.15) is 4.88 Å². The molecule has 0 fully saturated rings. The van der Waals surface area contributed by atoms with Gasteiger partial charge in [-0.1, -0.05) is 6.92 Å². The first-order chi connectivity index (χ1) is 7.38. The van der Waals surface area contributed by atoms with E-state index in [-0.39, 0.29) is 0 Å². The standard InChI is InChI=1S/C9H14N2O3S2/c1-4-6(2)16(13,14)11-9(12)8-7(3)10-5-15-8/h5-6H,4H2,1-3H3,(H,11,12)/t6-/m0/s1. The van der Waals surface area contributed by atoms with Crippen LogP contribution in [0.4, 0.5) is 0 Å². The SMILES string of the molecule is CC[C@H](C)S(=O)(=O)NC(=O)c1scnc1C. The van der Waals surface area contributed by atoms with Crippen LogP contribution in [-0.2, 0) is 10.0 Å². The van der Waals surface area contributed by atoms with Crippen molar-refractivity contribution in [1.29, 1.82) is 0 Å². The van der Waals surface area contributed by atoms with Crippen molar-refractivity contribution in [3.63, 3.8) is 0 Å². The molecule has 1 atom stereocenters. The molecule has 0 bridgehead atoms. The molecule has 90 valence electrons. The molecule has 1 heterocycles. The van der Waals surface area contributed by atoms with E-state index < -0.39 is 21.2 Å². The third-order valence-corrected chi connectivity index (χ3v) is 5.08. The van der Waals surface area contributed by atoms with Crippen molar-refractivity contribution in [2.24, 2.45) is 0 Å². The van der Waals surface area contributed by atoms with E-state index in [0.717, 1.165) is 11.3 Å². The van der Waals surface area contributed by atoms with E-state index in [9.17, 15) is 13.2 Å². The predicted octanol–water partition coefficient (Wildman–Crippen LogP) is 1.31. The van der Waals surface area contributed by atoms with Gasteiger partial charge in [-0.2, -0.15) is 0 Å². The zero-order valence-corrected chi connectivity index (χ0v) is 11.0. The molecule has 1 rings (SSSR count). The van der Waals surface area contributed by atoms with Crippen LogP contribution < -0.4 is 4.72 Å². The minimum Gasteiger partial charge on any atom is -0.267 e. The van der Waals surface area contributed by atoms with Crippen LogP contribution in [0.15, 0.2) is 5.51 Å². The van der Waals surface area contributed by atoms with Crippen LogP contribution in [0.3, 0.4) is 0 Å². The number of aryl methyl sites for hydroxylation is 1. The van der Waals surface area contributed by atoms with Gasteiger partial charge in [0.15, 0.2) is 0 Å². The van der Waals surface area contributed by atoms with Crippen LogP contribution in [-0.4, -0.2) is 24.6 Å². The summed E-state index contributed by atoms with van der Waals surface area (Å²) in [6.07, 6.45) is 0.463. The Kier molecular flexibility index (Phi) is 4.03. The molecule has 16 heavy (non-hydrogen) atoms. The van der Waals surface area contributed by atoms with E-state index in [0.29, 0.717) is 17.0 Å². The first-order valence-corrected chi connectivity index (χ1v) is 7.27. The molecule has 0 aliphatic heterocycles. The fraction of sp³-hybridized carbons (Fsp3) is 0.556. The smallest absolute Gasteiger partial charge is 0.267 e. The Morgan fingerprint density at radius 2 is 2.25 bits per heavy atom. The number of aromatic nitrogens is 1. The molecule has 0 saturated carbocycles. The Labute approximate surface area is 99.0 Å². The maximum absolute atomic E-state index is 11.6. The minimum atomic E-state index is -3.57. The topological polar surface area (TPSA) is 76.1 Å². The fourth-order valence-corrected chi connectivity index (χ4v) is 2.78. The van der Waals surface area contributed by atoms with Crippen LogP contribution in [0.2, 0.25) is 0 Å². The molecular formula is C9H14N2O3S2. The number of thiazole rings is 1. The number of hydrogen-bond acceptors (Lipinski definition) is 5. The number of hydrogen-bond donors (Lipinski definition) is 1. The Balaban J connectivity index is 2.84. The number of sulfonamides is 1. The van der Waals surface area contributed by atoms with Gasteiger partial charge >= 0.3 is 0 Å². The number of nitrogens with one attached hydrogen (secondary N) is 1. The number of nitrogens with zero attached hydrogens (tertiary/aromatic N) is 1. The summed E-state index contributed by atoms with van der Waals surface area (Å²) in [5.41, 5.74) is 2.06. The summed E-state index contributed by atoms with van der Waals surface area (Å²) in [4.78, 5) is 15.9. The van der Waals surface area contributed by atoms with Crippen molar-refractivity contribution < 1.29 is 13.2 Å². The molecular weight excluding hydrogens is 248 g/mol. The predicted molar refractivity (Wildman–Crippen MR) is 63.0 cm³/mol. The summed E-state index contributed by atoms with van der Waals surface area (Å²) < 4.78 is 25.3. The average molecular weight is 262 g/mol. The van der Waals surface area contributed by atoms with E-state index in [1.807, 2.05) is 0 Å². The van der Waals surface area contributed by atoms with E-state index in [1.54, 1.807) is 20.8 Å². The van der Waals surface area contributed by atoms with Crippen LogP contribution in [0.5, 0.6) is 0 Å². The minimum absolute atomic E-state index is 0.340. The lowest BCUT2D eigenvalue weighted by Gasteiger charge is -2.11. The Hall–Kier alpha value is -0.950. The van der Waals surface area contributed by atoms with Gasteiger partial charge in [-0.15, -0.1) is 11.3 Å². The first kappa shape index (κ1) is 13.1. The number of carbonyl (C=O) groups is 1. The summed E-state index contributed by atoms with van der Waals surface area (Å²) in [6, 6.07) is 0. The largest absolute Gasteiger partial charge is 0.276 e. The van der Waals surface area contributed by atoms with E-state index in [1.165, 1.54) is 5.51 Å². The van der Waals surface area contributed by atoms with Gasteiger partial charge in [-0.3, -0.25) is 4.79 Å². The van der Waals surface area contributed by atoms with Crippen molar-refractivity contribution >= 4 is 27.3 Å². The van der Waals surface area contributed by atoms with Gasteiger partial charge < -0.3 is 0 Å². The Morgan fingerprint density at radius 1 is 1.62 bits per heavy atom. The van der Waals surface area contributed by atoms with Crippen LogP contribution in [0.25, 0.3) is 0 Å². The van der Waals surface area contributed by atoms with Crippen molar-refractivity contribution in [3.8, 4) is 0 Å². The maximum atomic E-state index is 11.6. The molecule has 1 aromatic heterocycles. The summed E-state index contributed by atoms with van der Waals surface area (Å²) in [5.74, 6) is -0.597. The molecule has 1 N–H and O–H groups in total. The molecule has 0 radical (unpaired) electrons. The molecule has 0 aliphatic carbocycles. The van der Waals surface area contributed by atoms with Crippen molar-refractivity contribution in [1.82, 2.24) is 9.71 Å². The third kappa shape index (κ3) is 2.79. The molecule has 0 aromatic carbocycles. The van der Waals surface area contributed by atoms with Crippen molar-refractivity contribution in [3.05, 3.63) is 16.1 Å². The van der Waals surface area contributed by atoms with Crippen LogP contribution in [0.1, 0.15) is 35.6 Å². The van der Waals surface area contributed by atoms with Gasteiger partial charge in [0.05, 0.1) is 16.5 Å². The maximum Gasteiger partial charge on any atom is 0.276 e. The molecule has 0 aliphatic rings. The quantitative estimate of drug-likeness (QED) is 0.887. The van der Waals surface area contributed by atoms with Crippen LogP contribution in [0, 0.1) is 6.92 Å². The fourth-order valence-electron chi connectivity index (χ4n) is 1.02. The highest BCUT2D eigenvalue weighted by Gasteiger charge is 2.23.